The molecular formula is C19H16N2O4. The average Bonchev–Trinajstić information content (AvgIpc) is 3.24. The number of H-pyrrole nitrogens is 1. The summed E-state index contributed by atoms with van der Waals surface area (Å²) in [5.41, 5.74) is 2.67. The second kappa shape index (κ2) is 5.40. The summed E-state index contributed by atoms with van der Waals surface area (Å²) in [4.78, 5) is 19.4. The fourth-order valence-corrected chi connectivity index (χ4v) is 3.81. The monoisotopic (exact) mass is 336 g/mol. The number of hydrogen-bond acceptors (Lipinski definition) is 4. The van der Waals surface area contributed by atoms with Crippen LogP contribution in [-0.2, 0) is 9.47 Å². The van der Waals surface area contributed by atoms with E-state index in [0.29, 0.717) is 6.79 Å². The van der Waals surface area contributed by atoms with Crippen molar-refractivity contribution < 1.29 is 19.4 Å². The van der Waals surface area contributed by atoms with E-state index in [0.717, 1.165) is 33.9 Å². The Hall–Kier alpha value is -2.70. The first-order valence-corrected chi connectivity index (χ1v) is 8.27. The van der Waals surface area contributed by atoms with Crippen LogP contribution in [0.5, 0.6) is 0 Å². The fraction of sp³-hybridized carbons (Fsp3) is 0.263. The molecule has 126 valence electrons. The van der Waals surface area contributed by atoms with E-state index in [9.17, 15) is 9.90 Å². The van der Waals surface area contributed by atoms with E-state index in [4.69, 9.17) is 9.47 Å². The Morgan fingerprint density at radius 1 is 1.20 bits per heavy atom. The number of carboxylic acid groups (broad SMARTS) is 1. The molecule has 1 aromatic carbocycles. The lowest BCUT2D eigenvalue weighted by molar-refractivity contribution is 0.0416. The molecule has 1 unspecified atom stereocenters. The van der Waals surface area contributed by atoms with Crippen molar-refractivity contribution in [3.05, 3.63) is 53.9 Å². The molecule has 3 atom stereocenters. The molecule has 2 aliphatic rings. The van der Waals surface area contributed by atoms with Gasteiger partial charge in [0.25, 0.3) is 0 Å². The molecule has 3 aromatic rings. The van der Waals surface area contributed by atoms with E-state index in [-0.39, 0.29) is 23.8 Å². The van der Waals surface area contributed by atoms with Crippen LogP contribution >= 0.6 is 0 Å². The first-order chi connectivity index (χ1) is 12.2. The molecule has 0 radical (unpaired) electrons. The van der Waals surface area contributed by atoms with Gasteiger partial charge in [-0.2, -0.15) is 0 Å². The molecule has 0 amide bonds. The first kappa shape index (κ1) is 14.6. The number of aromatic carboxylic acids is 1. The van der Waals surface area contributed by atoms with Gasteiger partial charge in [-0.05, 0) is 18.6 Å². The summed E-state index contributed by atoms with van der Waals surface area (Å²) in [7, 11) is 0. The maximum absolute atomic E-state index is 11.6. The normalized spacial score (nSPS) is 25.5. The van der Waals surface area contributed by atoms with Crippen LogP contribution in [0.4, 0.5) is 0 Å². The first-order valence-electron chi connectivity index (χ1n) is 8.27. The molecule has 1 fully saturated rings. The lowest BCUT2D eigenvalue weighted by Gasteiger charge is -2.24. The highest BCUT2D eigenvalue weighted by Gasteiger charge is 2.34. The molecule has 2 aromatic heterocycles. The van der Waals surface area contributed by atoms with E-state index in [2.05, 4.69) is 16.0 Å². The highest BCUT2D eigenvalue weighted by Crippen LogP contribution is 2.37. The van der Waals surface area contributed by atoms with E-state index >= 15 is 0 Å². The van der Waals surface area contributed by atoms with Gasteiger partial charge in [0.15, 0.2) is 0 Å². The highest BCUT2D eigenvalue weighted by molar-refractivity contribution is 6.09. The zero-order chi connectivity index (χ0) is 17.0. The Morgan fingerprint density at radius 2 is 2.08 bits per heavy atom. The van der Waals surface area contributed by atoms with Crippen LogP contribution in [0.15, 0.2) is 42.5 Å². The third-order valence-corrected chi connectivity index (χ3v) is 5.02. The maximum Gasteiger partial charge on any atom is 0.354 e. The summed E-state index contributed by atoms with van der Waals surface area (Å²) in [5, 5.41) is 11.4. The van der Waals surface area contributed by atoms with Gasteiger partial charge in [-0.25, -0.2) is 9.78 Å². The van der Waals surface area contributed by atoms with Gasteiger partial charge in [-0.15, -0.1) is 0 Å². The van der Waals surface area contributed by atoms with Crippen molar-refractivity contribution in [1.82, 2.24) is 9.97 Å². The minimum absolute atomic E-state index is 0.00953. The number of nitrogens with one attached hydrogen (secondary N) is 1. The second-order valence-electron chi connectivity index (χ2n) is 6.47. The number of pyridine rings is 1. The quantitative estimate of drug-likeness (QED) is 0.702. The molecule has 0 spiro atoms. The van der Waals surface area contributed by atoms with Gasteiger partial charge in [0.2, 0.25) is 0 Å². The summed E-state index contributed by atoms with van der Waals surface area (Å²) >= 11 is 0. The zero-order valence-electron chi connectivity index (χ0n) is 13.3. The van der Waals surface area contributed by atoms with E-state index in [1.807, 2.05) is 30.3 Å². The Morgan fingerprint density at radius 3 is 2.96 bits per heavy atom. The third-order valence-electron chi connectivity index (χ3n) is 5.02. The topological polar surface area (TPSA) is 84.4 Å². The highest BCUT2D eigenvalue weighted by atomic mass is 16.7. The summed E-state index contributed by atoms with van der Waals surface area (Å²) in [6.45, 7) is 0.302. The van der Waals surface area contributed by atoms with Crippen LogP contribution in [0, 0.1) is 0 Å². The van der Waals surface area contributed by atoms with Crippen LogP contribution in [0.25, 0.3) is 21.8 Å². The molecule has 1 aliphatic carbocycles. The third kappa shape index (κ3) is 2.26. The van der Waals surface area contributed by atoms with Gasteiger partial charge in [0.1, 0.15) is 18.6 Å². The summed E-state index contributed by atoms with van der Waals surface area (Å²) in [6, 6.07) is 9.53. The van der Waals surface area contributed by atoms with Gasteiger partial charge >= 0.3 is 5.97 Å². The van der Waals surface area contributed by atoms with Crippen molar-refractivity contribution in [2.45, 2.75) is 24.5 Å². The minimum atomic E-state index is -1.02. The number of aromatic nitrogens is 2. The molecule has 0 saturated carbocycles. The smallest absolute Gasteiger partial charge is 0.354 e. The number of nitrogens with zero attached hydrogens (tertiary/aromatic N) is 1. The number of carboxylic acids is 1. The molecule has 5 rings (SSSR count). The number of ether oxygens (including phenoxy) is 2. The number of benzene rings is 1. The molecular weight excluding hydrogens is 320 g/mol. The number of rotatable bonds is 2. The van der Waals surface area contributed by atoms with Gasteiger partial charge in [-0.3, -0.25) is 0 Å². The van der Waals surface area contributed by atoms with E-state index < -0.39 is 5.97 Å². The number of fused-ring (bicyclic) bond motifs is 4. The lowest BCUT2D eigenvalue weighted by atomic mass is 9.88. The van der Waals surface area contributed by atoms with Crippen LogP contribution in [0.3, 0.4) is 0 Å². The summed E-state index contributed by atoms with van der Waals surface area (Å²) in [6.07, 6.45) is 4.74. The second-order valence-corrected chi connectivity index (χ2v) is 6.47. The molecule has 25 heavy (non-hydrogen) atoms. The standard InChI is InChI=1S/C19H16N2O4/c22-19(23)14-8-12-11-3-1-2-4-13(11)20-18(12)17(21-14)10-5-6-15-16(7-10)25-9-24-15/h1-6,8,10,15-16,20H,7,9H2,(H,22,23)/t10-,15?,16+/m0/s1. The number of carbonyl (C=O) groups is 1. The Balaban J connectivity index is 1.73. The number of allylic oxidation sites excluding steroid dienone is 1. The molecule has 2 N–H and O–H groups in total. The van der Waals surface area contributed by atoms with Gasteiger partial charge in [-0.1, -0.05) is 30.4 Å². The van der Waals surface area contributed by atoms with E-state index in [1.165, 1.54) is 0 Å². The zero-order valence-corrected chi connectivity index (χ0v) is 13.3. The van der Waals surface area contributed by atoms with Gasteiger partial charge in [0.05, 0.1) is 17.3 Å². The molecule has 6 nitrogen and oxygen atoms in total. The predicted octanol–water partition coefficient (Wildman–Crippen LogP) is 3.20. The molecule has 1 aliphatic heterocycles. The van der Waals surface area contributed by atoms with Crippen LogP contribution < -0.4 is 0 Å². The molecule has 0 bridgehead atoms. The number of aromatic amines is 1. The van der Waals surface area contributed by atoms with Gasteiger partial charge < -0.3 is 19.6 Å². The molecule has 6 heteroatoms. The number of para-hydroxylation sites is 1. The van der Waals surface area contributed by atoms with Crippen molar-refractivity contribution >= 4 is 27.8 Å². The van der Waals surface area contributed by atoms with Gasteiger partial charge in [0, 0.05) is 22.2 Å². The predicted molar refractivity (Wildman–Crippen MR) is 91.7 cm³/mol. The van der Waals surface area contributed by atoms with Crippen molar-refractivity contribution in [1.29, 1.82) is 0 Å². The van der Waals surface area contributed by atoms with Crippen LogP contribution in [0.2, 0.25) is 0 Å². The molecule has 3 heterocycles. The number of hydrogen-bond donors (Lipinski definition) is 2. The Kier molecular flexibility index (Phi) is 3.16. The fourth-order valence-electron chi connectivity index (χ4n) is 3.81. The van der Waals surface area contributed by atoms with Crippen molar-refractivity contribution in [2.24, 2.45) is 0 Å². The molecule has 1 saturated heterocycles. The maximum atomic E-state index is 11.6. The summed E-state index contributed by atoms with van der Waals surface area (Å²) in [5.74, 6) is -1.04. The van der Waals surface area contributed by atoms with E-state index in [1.54, 1.807) is 6.07 Å². The Labute approximate surface area is 143 Å². The SMILES string of the molecule is O=C(O)c1cc2c([nH]c3ccccc32)c([C@H]2C=CC3OCO[C@@H]3C2)n1. The summed E-state index contributed by atoms with van der Waals surface area (Å²) < 4.78 is 11.1. The Bertz CT molecular complexity index is 1020. The largest absolute Gasteiger partial charge is 0.477 e. The van der Waals surface area contributed by atoms with Crippen LogP contribution in [-0.4, -0.2) is 40.0 Å². The van der Waals surface area contributed by atoms with Crippen molar-refractivity contribution in [3.63, 3.8) is 0 Å². The minimum Gasteiger partial charge on any atom is -0.477 e. The average molecular weight is 336 g/mol. The van der Waals surface area contributed by atoms with Crippen LogP contribution in [0.1, 0.15) is 28.5 Å². The van der Waals surface area contributed by atoms with Crippen molar-refractivity contribution in [2.75, 3.05) is 6.79 Å². The lowest BCUT2D eigenvalue weighted by Crippen LogP contribution is -2.27. The van der Waals surface area contributed by atoms with Crippen molar-refractivity contribution in [3.8, 4) is 0 Å².